The molecule has 26 heavy (non-hydrogen) atoms. The first-order valence-corrected chi connectivity index (χ1v) is 7.62. The van der Waals surface area contributed by atoms with Gasteiger partial charge in [-0.05, 0) is 31.5 Å². The van der Waals surface area contributed by atoms with Gasteiger partial charge in [0.25, 0.3) is 0 Å². The van der Waals surface area contributed by atoms with E-state index in [1.807, 2.05) is 5.32 Å². The molecular weight excluding hydrogens is 359 g/mol. The first-order chi connectivity index (χ1) is 12.1. The summed E-state index contributed by atoms with van der Waals surface area (Å²) in [6.45, 7) is 0.631. The molecule has 144 valence electrons. The largest absolute Gasteiger partial charge is 0.504 e. The lowest BCUT2D eigenvalue weighted by Gasteiger charge is -2.35. The molecule has 1 aliphatic rings. The number of carbonyl (C=O) groups excluding carboxylic acids is 1. The van der Waals surface area contributed by atoms with E-state index in [4.69, 9.17) is 4.74 Å². The lowest BCUT2D eigenvalue weighted by Crippen LogP contribution is -2.53. The van der Waals surface area contributed by atoms with Gasteiger partial charge in [0.15, 0.2) is 0 Å². The second-order valence-corrected chi connectivity index (χ2v) is 5.75. The molecule has 0 spiro atoms. The fourth-order valence-corrected chi connectivity index (χ4v) is 3.09. The number of methoxy groups -OCH3 is 1. The molecule has 12 heteroatoms. The molecule has 1 aromatic heterocycles. The van der Waals surface area contributed by atoms with Crippen LogP contribution in [0.1, 0.15) is 18.5 Å². The molecule has 1 saturated heterocycles. The monoisotopic (exact) mass is 377 g/mol. The Bertz CT molecular complexity index is 731. The highest BCUT2D eigenvalue weighted by Crippen LogP contribution is 2.41. The molecule has 1 fully saturated rings. The van der Waals surface area contributed by atoms with Crippen molar-refractivity contribution in [1.82, 2.24) is 20.4 Å². The second-order valence-electron chi connectivity index (χ2n) is 5.75. The van der Waals surface area contributed by atoms with Crippen molar-refractivity contribution in [1.29, 1.82) is 0 Å². The van der Waals surface area contributed by atoms with Crippen molar-refractivity contribution in [3.8, 4) is 0 Å². The number of rotatable bonds is 4. The van der Waals surface area contributed by atoms with Crippen molar-refractivity contribution in [2.24, 2.45) is 7.05 Å². The van der Waals surface area contributed by atoms with E-state index >= 15 is 0 Å². The fourth-order valence-electron chi connectivity index (χ4n) is 3.09. The molecule has 9 nitrogen and oxygen atoms in total. The van der Waals surface area contributed by atoms with Crippen molar-refractivity contribution < 1.29 is 27.6 Å². The first kappa shape index (κ1) is 19.7. The van der Waals surface area contributed by atoms with Crippen LogP contribution in [0.25, 0.3) is 0 Å². The van der Waals surface area contributed by atoms with Crippen LogP contribution in [0.5, 0.6) is 0 Å². The number of amides is 1. The molecule has 0 aromatic carbocycles. The molecule has 1 atom stereocenters. The minimum absolute atomic E-state index is 0.0512. The van der Waals surface area contributed by atoms with E-state index in [0.717, 1.165) is 10.9 Å². The summed E-state index contributed by atoms with van der Waals surface area (Å²) in [7, 11) is 2.67. The van der Waals surface area contributed by atoms with Crippen molar-refractivity contribution in [3.63, 3.8) is 0 Å². The highest BCUT2D eigenvalue weighted by atomic mass is 19.4. The number of aryl methyl sites for hydroxylation is 1. The molecule has 0 unspecified atom stereocenters. The van der Waals surface area contributed by atoms with Gasteiger partial charge in [-0.15, -0.1) is 0 Å². The van der Waals surface area contributed by atoms with Crippen molar-refractivity contribution in [3.05, 3.63) is 33.8 Å². The van der Waals surface area contributed by atoms with Crippen LogP contribution in [-0.2, 0) is 22.1 Å². The lowest BCUT2D eigenvalue weighted by molar-refractivity contribution is -0.386. The van der Waals surface area contributed by atoms with Gasteiger partial charge in [-0.1, -0.05) is 0 Å². The first-order valence-electron chi connectivity index (χ1n) is 7.62. The predicted molar refractivity (Wildman–Crippen MR) is 82.9 cm³/mol. The van der Waals surface area contributed by atoms with Crippen molar-refractivity contribution in [2.75, 3.05) is 20.2 Å². The molecule has 1 aromatic rings. The number of nitrogens with one attached hydrogen (secondary N) is 2. The number of ether oxygens (including phenoxy) is 1. The van der Waals surface area contributed by atoms with Crippen LogP contribution < -0.4 is 10.6 Å². The molecule has 2 rings (SSSR count). The zero-order valence-electron chi connectivity index (χ0n) is 14.1. The van der Waals surface area contributed by atoms with Gasteiger partial charge >= 0.3 is 17.8 Å². The summed E-state index contributed by atoms with van der Waals surface area (Å²) in [6, 6.07) is 0. The maximum atomic E-state index is 13.0. The van der Waals surface area contributed by atoms with Crippen LogP contribution in [-0.4, -0.2) is 47.0 Å². The maximum absolute atomic E-state index is 13.0. The fraction of sp³-hybridized carbons (Fsp3) is 0.571. The molecule has 0 bridgehead atoms. The van der Waals surface area contributed by atoms with Gasteiger partial charge in [-0.25, -0.2) is 0 Å². The van der Waals surface area contributed by atoms with Gasteiger partial charge in [-0.2, -0.15) is 18.3 Å². The Labute approximate surface area is 146 Å². The van der Waals surface area contributed by atoms with Gasteiger partial charge in [0.05, 0.1) is 18.3 Å². The van der Waals surface area contributed by atoms with Crippen LogP contribution >= 0.6 is 0 Å². The molecule has 0 aliphatic carbocycles. The van der Waals surface area contributed by atoms with Gasteiger partial charge in [0.1, 0.15) is 17.4 Å². The SMILES string of the molecule is COC=C1CCNCC[C@]1(NC(=O)C(F)(F)F)c1c([N+](=O)[O-])cnn1C. The van der Waals surface area contributed by atoms with Crippen molar-refractivity contribution >= 4 is 11.6 Å². The van der Waals surface area contributed by atoms with Crippen LogP contribution in [0.2, 0.25) is 0 Å². The summed E-state index contributed by atoms with van der Waals surface area (Å²) in [5, 5.41) is 20.2. The van der Waals surface area contributed by atoms with Crippen LogP contribution in [0, 0.1) is 10.1 Å². The number of nitrogens with zero attached hydrogens (tertiary/aromatic N) is 3. The smallest absolute Gasteiger partial charge is 0.471 e. The number of hydrogen-bond acceptors (Lipinski definition) is 6. The number of carbonyl (C=O) groups is 1. The zero-order valence-corrected chi connectivity index (χ0v) is 14.1. The van der Waals surface area contributed by atoms with Gasteiger partial charge in [0.2, 0.25) is 0 Å². The molecule has 0 radical (unpaired) electrons. The Kier molecular flexibility index (Phi) is 5.54. The highest BCUT2D eigenvalue weighted by Gasteiger charge is 2.50. The van der Waals surface area contributed by atoms with E-state index in [-0.39, 0.29) is 30.7 Å². The number of aromatic nitrogens is 2. The molecule has 2 N–H and O–H groups in total. The van der Waals surface area contributed by atoms with E-state index in [1.165, 1.54) is 20.4 Å². The standard InChI is InChI=1S/C14H18F3N5O4/c1-21-11(10(7-19-21)22(24)25)13(20-12(23)14(15,16)17)4-6-18-5-3-9(13)8-26-2/h7-8,18H,3-6H2,1-2H3,(H,20,23)/t13-/m1/s1. The third-order valence-corrected chi connectivity index (χ3v) is 4.16. The van der Waals surface area contributed by atoms with Gasteiger partial charge in [-0.3, -0.25) is 19.6 Å². The number of hydrogen-bond donors (Lipinski definition) is 2. The maximum Gasteiger partial charge on any atom is 0.471 e. The molecular formula is C14H18F3N5O4. The van der Waals surface area contributed by atoms with Gasteiger partial charge < -0.3 is 15.4 Å². The van der Waals surface area contributed by atoms with E-state index in [0.29, 0.717) is 6.54 Å². The van der Waals surface area contributed by atoms with E-state index < -0.39 is 28.2 Å². The Morgan fingerprint density at radius 1 is 1.54 bits per heavy atom. The molecule has 1 amide bonds. The topological polar surface area (TPSA) is 111 Å². The average molecular weight is 377 g/mol. The third-order valence-electron chi connectivity index (χ3n) is 4.16. The number of nitro groups is 1. The van der Waals surface area contributed by atoms with Crippen molar-refractivity contribution in [2.45, 2.75) is 24.6 Å². The predicted octanol–water partition coefficient (Wildman–Crippen LogP) is 1.12. The van der Waals surface area contributed by atoms with E-state index in [1.54, 1.807) is 0 Å². The summed E-state index contributed by atoms with van der Waals surface area (Å²) in [5.74, 6) is -2.20. The summed E-state index contributed by atoms with van der Waals surface area (Å²) in [4.78, 5) is 22.4. The van der Waals surface area contributed by atoms with E-state index in [2.05, 4.69) is 10.4 Å². The molecule has 2 heterocycles. The normalized spacial score (nSPS) is 22.7. The zero-order chi connectivity index (χ0) is 19.5. The van der Waals surface area contributed by atoms with Gasteiger partial charge in [0, 0.05) is 7.05 Å². The summed E-state index contributed by atoms with van der Waals surface area (Å²) in [5.41, 5.74) is -2.15. The van der Waals surface area contributed by atoms with Crippen LogP contribution in [0.4, 0.5) is 18.9 Å². The van der Waals surface area contributed by atoms with Crippen LogP contribution in [0.15, 0.2) is 18.0 Å². The van der Waals surface area contributed by atoms with Crippen LogP contribution in [0.3, 0.4) is 0 Å². The number of alkyl halides is 3. The lowest BCUT2D eigenvalue weighted by atomic mass is 9.81. The third kappa shape index (κ3) is 3.64. The Balaban J connectivity index is 2.73. The quantitative estimate of drug-likeness (QED) is 0.462. The Morgan fingerprint density at radius 2 is 2.23 bits per heavy atom. The molecule has 0 saturated carbocycles. The Morgan fingerprint density at radius 3 is 2.81 bits per heavy atom. The minimum Gasteiger partial charge on any atom is -0.504 e. The minimum atomic E-state index is -5.15. The summed E-state index contributed by atoms with van der Waals surface area (Å²) < 4.78 is 44.9. The highest BCUT2D eigenvalue weighted by molar-refractivity contribution is 5.83. The van der Waals surface area contributed by atoms with E-state index in [9.17, 15) is 28.1 Å². The Hall–Kier alpha value is -2.63. The average Bonchev–Trinajstić information content (AvgIpc) is 2.83. The number of halogens is 3. The second kappa shape index (κ2) is 7.32. The molecule has 1 aliphatic heterocycles. The summed E-state index contributed by atoms with van der Waals surface area (Å²) in [6.07, 6.45) is -2.84. The summed E-state index contributed by atoms with van der Waals surface area (Å²) >= 11 is 0.